The lowest BCUT2D eigenvalue weighted by molar-refractivity contribution is -0.138. The quantitative estimate of drug-likeness (QED) is 0.508. The summed E-state index contributed by atoms with van der Waals surface area (Å²) in [6.45, 7) is 5.06. The first-order chi connectivity index (χ1) is 6.58. The second kappa shape index (κ2) is 3.41. The standard InChI is InChI=1S/C12H18O2/c1-12(2)7-10(12)5-6-11(13)14-8-9-3-4-9/h5-6,9-10H,3-4,7-8H2,1-2H3/b6-5-. The van der Waals surface area contributed by atoms with Gasteiger partial charge in [0, 0.05) is 6.08 Å². The molecule has 14 heavy (non-hydrogen) atoms. The second-order valence-electron chi connectivity index (χ2n) is 5.23. The third-order valence-electron chi connectivity index (χ3n) is 3.21. The van der Waals surface area contributed by atoms with Gasteiger partial charge in [0.2, 0.25) is 0 Å². The minimum Gasteiger partial charge on any atom is -0.462 e. The van der Waals surface area contributed by atoms with Gasteiger partial charge in [-0.1, -0.05) is 19.9 Å². The van der Waals surface area contributed by atoms with Crippen LogP contribution in [-0.4, -0.2) is 12.6 Å². The Morgan fingerprint density at radius 2 is 2.14 bits per heavy atom. The van der Waals surface area contributed by atoms with E-state index in [0.29, 0.717) is 23.9 Å². The number of carbonyl (C=O) groups excluding carboxylic acids is 1. The fourth-order valence-electron chi connectivity index (χ4n) is 1.56. The van der Waals surface area contributed by atoms with Gasteiger partial charge < -0.3 is 4.74 Å². The van der Waals surface area contributed by atoms with Crippen molar-refractivity contribution in [3.8, 4) is 0 Å². The molecular formula is C12H18O2. The number of esters is 1. The van der Waals surface area contributed by atoms with Gasteiger partial charge in [0.1, 0.15) is 0 Å². The average Bonchev–Trinajstić information content (AvgIpc) is 2.97. The van der Waals surface area contributed by atoms with E-state index in [0.717, 1.165) is 0 Å². The highest BCUT2D eigenvalue weighted by atomic mass is 16.5. The van der Waals surface area contributed by atoms with Gasteiger partial charge in [-0.3, -0.25) is 0 Å². The minimum atomic E-state index is -0.167. The summed E-state index contributed by atoms with van der Waals surface area (Å²) in [7, 11) is 0. The Balaban J connectivity index is 1.66. The molecule has 78 valence electrons. The molecule has 0 amide bonds. The van der Waals surface area contributed by atoms with E-state index in [9.17, 15) is 4.79 Å². The molecule has 0 aromatic heterocycles. The average molecular weight is 194 g/mol. The molecular weight excluding hydrogens is 176 g/mol. The lowest BCUT2D eigenvalue weighted by Gasteiger charge is -1.99. The largest absolute Gasteiger partial charge is 0.462 e. The summed E-state index contributed by atoms with van der Waals surface area (Å²) in [4.78, 5) is 11.2. The number of hydrogen-bond acceptors (Lipinski definition) is 2. The lowest BCUT2D eigenvalue weighted by atomic mass is 10.1. The molecule has 2 aliphatic carbocycles. The Hall–Kier alpha value is -0.790. The van der Waals surface area contributed by atoms with Crippen molar-refractivity contribution in [2.45, 2.75) is 33.1 Å². The summed E-state index contributed by atoms with van der Waals surface area (Å²) in [6.07, 6.45) is 7.25. The molecule has 0 heterocycles. The van der Waals surface area contributed by atoms with Crippen LogP contribution in [0.25, 0.3) is 0 Å². The smallest absolute Gasteiger partial charge is 0.330 e. The van der Waals surface area contributed by atoms with Crippen molar-refractivity contribution in [1.82, 2.24) is 0 Å². The predicted octanol–water partition coefficient (Wildman–Crippen LogP) is 2.54. The van der Waals surface area contributed by atoms with Crippen molar-refractivity contribution in [1.29, 1.82) is 0 Å². The van der Waals surface area contributed by atoms with E-state index in [1.54, 1.807) is 6.08 Å². The topological polar surface area (TPSA) is 26.3 Å². The molecule has 0 bridgehead atoms. The maximum Gasteiger partial charge on any atom is 0.330 e. The van der Waals surface area contributed by atoms with Crippen LogP contribution in [0.2, 0.25) is 0 Å². The van der Waals surface area contributed by atoms with Crippen LogP contribution < -0.4 is 0 Å². The Labute approximate surface area is 85.3 Å². The summed E-state index contributed by atoms with van der Waals surface area (Å²) < 4.78 is 5.09. The van der Waals surface area contributed by atoms with Crippen LogP contribution >= 0.6 is 0 Å². The monoisotopic (exact) mass is 194 g/mol. The van der Waals surface area contributed by atoms with E-state index < -0.39 is 0 Å². The third-order valence-corrected chi connectivity index (χ3v) is 3.21. The first kappa shape index (κ1) is 9.75. The maximum atomic E-state index is 11.2. The van der Waals surface area contributed by atoms with Crippen LogP contribution in [0.3, 0.4) is 0 Å². The van der Waals surface area contributed by atoms with Crippen molar-refractivity contribution in [2.24, 2.45) is 17.3 Å². The number of ether oxygens (including phenoxy) is 1. The molecule has 0 saturated heterocycles. The number of hydrogen-bond donors (Lipinski definition) is 0. The highest BCUT2D eigenvalue weighted by Crippen LogP contribution is 2.52. The fraction of sp³-hybridized carbons (Fsp3) is 0.750. The second-order valence-corrected chi connectivity index (χ2v) is 5.23. The highest BCUT2D eigenvalue weighted by Gasteiger charge is 2.43. The normalized spacial score (nSPS) is 29.1. The van der Waals surface area contributed by atoms with Crippen LogP contribution in [0, 0.1) is 17.3 Å². The van der Waals surface area contributed by atoms with Crippen LogP contribution in [0.1, 0.15) is 33.1 Å². The van der Waals surface area contributed by atoms with Gasteiger partial charge >= 0.3 is 5.97 Å². The molecule has 0 aliphatic heterocycles. The van der Waals surface area contributed by atoms with E-state index in [4.69, 9.17) is 4.74 Å². The third kappa shape index (κ3) is 2.60. The highest BCUT2D eigenvalue weighted by molar-refractivity contribution is 5.82. The summed E-state index contributed by atoms with van der Waals surface area (Å²) in [5.74, 6) is 1.07. The van der Waals surface area contributed by atoms with Crippen molar-refractivity contribution in [3.63, 3.8) is 0 Å². The summed E-state index contributed by atoms with van der Waals surface area (Å²) >= 11 is 0. The molecule has 2 aliphatic rings. The maximum absolute atomic E-state index is 11.2. The van der Waals surface area contributed by atoms with Crippen LogP contribution in [0.15, 0.2) is 12.2 Å². The lowest BCUT2D eigenvalue weighted by Crippen LogP contribution is -2.03. The van der Waals surface area contributed by atoms with Crippen molar-refractivity contribution < 1.29 is 9.53 Å². The summed E-state index contributed by atoms with van der Waals surface area (Å²) in [6, 6.07) is 0. The van der Waals surface area contributed by atoms with Gasteiger partial charge in [-0.2, -0.15) is 0 Å². The predicted molar refractivity (Wildman–Crippen MR) is 54.7 cm³/mol. The molecule has 0 aromatic carbocycles. The molecule has 2 nitrogen and oxygen atoms in total. The first-order valence-corrected chi connectivity index (χ1v) is 5.43. The zero-order valence-electron chi connectivity index (χ0n) is 8.95. The molecule has 1 unspecified atom stereocenters. The molecule has 2 heteroatoms. The summed E-state index contributed by atoms with van der Waals surface area (Å²) in [5, 5.41) is 0. The fourth-order valence-corrected chi connectivity index (χ4v) is 1.56. The Kier molecular flexibility index (Phi) is 2.38. The van der Waals surface area contributed by atoms with E-state index in [1.165, 1.54) is 19.3 Å². The van der Waals surface area contributed by atoms with Crippen LogP contribution in [0.4, 0.5) is 0 Å². The van der Waals surface area contributed by atoms with Gasteiger partial charge in [-0.15, -0.1) is 0 Å². The van der Waals surface area contributed by atoms with E-state index in [1.807, 2.05) is 6.08 Å². The van der Waals surface area contributed by atoms with Crippen LogP contribution in [0.5, 0.6) is 0 Å². The number of rotatable bonds is 4. The Bertz CT molecular complexity index is 261. The van der Waals surface area contributed by atoms with Crippen LogP contribution in [-0.2, 0) is 9.53 Å². The summed E-state index contributed by atoms with van der Waals surface area (Å²) in [5.41, 5.74) is 0.410. The van der Waals surface area contributed by atoms with Crippen molar-refractivity contribution >= 4 is 5.97 Å². The molecule has 0 radical (unpaired) electrons. The molecule has 2 saturated carbocycles. The van der Waals surface area contributed by atoms with E-state index in [2.05, 4.69) is 13.8 Å². The molecule has 0 N–H and O–H groups in total. The van der Waals surface area contributed by atoms with E-state index in [-0.39, 0.29) is 5.97 Å². The SMILES string of the molecule is CC1(C)CC1/C=C\C(=O)OCC1CC1. The van der Waals surface area contributed by atoms with Gasteiger partial charge in [-0.05, 0) is 36.5 Å². The molecule has 2 fully saturated rings. The Morgan fingerprint density at radius 3 is 2.64 bits per heavy atom. The van der Waals surface area contributed by atoms with Gasteiger partial charge in [0.05, 0.1) is 6.61 Å². The Morgan fingerprint density at radius 1 is 1.50 bits per heavy atom. The molecule has 0 aromatic rings. The zero-order chi connectivity index (χ0) is 10.2. The molecule has 1 atom stereocenters. The first-order valence-electron chi connectivity index (χ1n) is 5.43. The van der Waals surface area contributed by atoms with Crippen molar-refractivity contribution in [2.75, 3.05) is 6.61 Å². The number of carbonyl (C=O) groups is 1. The zero-order valence-corrected chi connectivity index (χ0v) is 8.95. The van der Waals surface area contributed by atoms with Crippen molar-refractivity contribution in [3.05, 3.63) is 12.2 Å². The van der Waals surface area contributed by atoms with Gasteiger partial charge in [0.25, 0.3) is 0 Å². The molecule has 0 spiro atoms. The minimum absolute atomic E-state index is 0.167. The van der Waals surface area contributed by atoms with Gasteiger partial charge in [-0.25, -0.2) is 4.79 Å². The number of allylic oxidation sites excluding steroid dienone is 1. The molecule has 2 rings (SSSR count). The van der Waals surface area contributed by atoms with E-state index >= 15 is 0 Å². The van der Waals surface area contributed by atoms with Gasteiger partial charge in [0.15, 0.2) is 0 Å².